The summed E-state index contributed by atoms with van der Waals surface area (Å²) in [6, 6.07) is 22.6. The molecule has 3 saturated heterocycles. The first-order valence-corrected chi connectivity index (χ1v) is 17.3. The van der Waals surface area contributed by atoms with Crippen LogP contribution < -0.4 is 4.90 Å². The molecular weight excluding hydrogens is 647 g/mol. The number of imide groups is 1. The van der Waals surface area contributed by atoms with Gasteiger partial charge in [0.2, 0.25) is 5.91 Å². The molecule has 0 spiro atoms. The van der Waals surface area contributed by atoms with Gasteiger partial charge in [-0.3, -0.25) is 14.5 Å². The predicted octanol–water partition coefficient (Wildman–Crippen LogP) is 7.07. The number of carbonyl (C=O) groups is 3. The van der Waals surface area contributed by atoms with E-state index in [1.54, 1.807) is 20.8 Å². The maximum absolute atomic E-state index is 14.5. The normalized spacial score (nSPS) is 22.1. The number of benzene rings is 3. The van der Waals surface area contributed by atoms with Crippen LogP contribution >= 0.6 is 0 Å². The molecule has 3 aromatic carbocycles. The summed E-state index contributed by atoms with van der Waals surface area (Å²) in [4.78, 5) is 45.8. The fourth-order valence-corrected chi connectivity index (χ4v) is 7.42. The first-order valence-electron chi connectivity index (χ1n) is 17.3. The average Bonchev–Trinajstić information content (AvgIpc) is 3.66. The van der Waals surface area contributed by atoms with Crippen LogP contribution in [0.15, 0.2) is 78.9 Å². The van der Waals surface area contributed by atoms with Crippen molar-refractivity contribution in [3.05, 3.63) is 101 Å². The van der Waals surface area contributed by atoms with Gasteiger partial charge in [0.25, 0.3) is 0 Å². The molecule has 266 valence electrons. The topological polar surface area (TPSA) is 79.4 Å². The summed E-state index contributed by atoms with van der Waals surface area (Å²) in [5, 5.41) is 0. The number of nitrogens with zero attached hydrogens (tertiary/aromatic N) is 3. The van der Waals surface area contributed by atoms with Crippen LogP contribution in [0.5, 0.6) is 0 Å². The summed E-state index contributed by atoms with van der Waals surface area (Å²) in [7, 11) is 0. The van der Waals surface area contributed by atoms with E-state index in [-0.39, 0.29) is 24.4 Å². The maximum Gasteiger partial charge on any atom is 0.416 e. The van der Waals surface area contributed by atoms with Crippen molar-refractivity contribution in [3.8, 4) is 0 Å². The Balaban J connectivity index is 1.33. The number of carbonyl (C=O) groups excluding carboxylic acids is 3. The Labute approximate surface area is 291 Å². The fraction of sp³-hybridized carbons (Fsp3) is 0.462. The van der Waals surface area contributed by atoms with E-state index >= 15 is 0 Å². The van der Waals surface area contributed by atoms with Gasteiger partial charge in [0.05, 0.1) is 23.4 Å². The molecule has 3 atom stereocenters. The zero-order chi connectivity index (χ0) is 35.6. The number of alkyl halides is 3. The van der Waals surface area contributed by atoms with Gasteiger partial charge in [0.15, 0.2) is 0 Å². The number of rotatable bonds is 8. The third-order valence-corrected chi connectivity index (χ3v) is 9.81. The molecule has 6 rings (SSSR count). The molecule has 0 bridgehead atoms. The molecular formula is C39H44F3N3O5. The molecule has 0 aromatic heterocycles. The number of hydrogen-bond donors (Lipinski definition) is 0. The van der Waals surface area contributed by atoms with E-state index in [1.165, 1.54) is 17.0 Å². The van der Waals surface area contributed by atoms with E-state index in [4.69, 9.17) is 9.47 Å². The molecule has 8 nitrogen and oxygen atoms in total. The van der Waals surface area contributed by atoms with Gasteiger partial charge in [-0.15, -0.1) is 0 Å². The summed E-state index contributed by atoms with van der Waals surface area (Å²) in [5.41, 5.74) is 1.60. The molecule has 50 heavy (non-hydrogen) atoms. The van der Waals surface area contributed by atoms with Gasteiger partial charge in [0, 0.05) is 44.3 Å². The number of halogens is 3. The third-order valence-electron chi connectivity index (χ3n) is 9.81. The van der Waals surface area contributed by atoms with Crippen LogP contribution in [0.3, 0.4) is 0 Å². The number of ether oxygens (including phenoxy) is 2. The Morgan fingerprint density at radius 1 is 0.880 bits per heavy atom. The summed E-state index contributed by atoms with van der Waals surface area (Å²) in [6.07, 6.45) is -3.98. The van der Waals surface area contributed by atoms with Crippen molar-refractivity contribution in [2.75, 3.05) is 37.7 Å². The smallest absolute Gasteiger partial charge is 0.416 e. The molecule has 0 radical (unpaired) electrons. The highest BCUT2D eigenvalue weighted by Crippen LogP contribution is 2.43. The van der Waals surface area contributed by atoms with E-state index in [2.05, 4.69) is 4.90 Å². The highest BCUT2D eigenvalue weighted by Gasteiger charge is 2.48. The van der Waals surface area contributed by atoms with Crippen LogP contribution in [0.4, 0.5) is 23.7 Å². The third kappa shape index (κ3) is 8.15. The average molecular weight is 692 g/mol. The zero-order valence-electron chi connectivity index (χ0n) is 28.7. The van der Waals surface area contributed by atoms with Crippen LogP contribution in [0.25, 0.3) is 0 Å². The molecule has 0 aliphatic carbocycles. The van der Waals surface area contributed by atoms with Gasteiger partial charge in [-0.1, -0.05) is 66.7 Å². The number of likely N-dealkylation sites (tertiary alicyclic amines) is 1. The van der Waals surface area contributed by atoms with E-state index in [0.29, 0.717) is 63.2 Å². The lowest BCUT2D eigenvalue weighted by Gasteiger charge is -2.36. The van der Waals surface area contributed by atoms with Gasteiger partial charge in [0.1, 0.15) is 12.2 Å². The summed E-state index contributed by atoms with van der Waals surface area (Å²) in [5.74, 6) is -2.26. The second kappa shape index (κ2) is 14.5. The molecule has 11 heteroatoms. The van der Waals surface area contributed by atoms with Crippen molar-refractivity contribution in [1.29, 1.82) is 0 Å². The van der Waals surface area contributed by atoms with E-state index in [0.717, 1.165) is 17.2 Å². The van der Waals surface area contributed by atoms with Crippen LogP contribution in [0.2, 0.25) is 0 Å². The lowest BCUT2D eigenvalue weighted by Crippen LogP contribution is -2.45. The van der Waals surface area contributed by atoms with E-state index in [1.807, 2.05) is 65.6 Å². The minimum atomic E-state index is -4.57. The quantitative estimate of drug-likeness (QED) is 0.234. The number of hydrogen-bond acceptors (Lipinski definition) is 7. The van der Waals surface area contributed by atoms with E-state index in [9.17, 15) is 27.6 Å². The van der Waals surface area contributed by atoms with Crippen LogP contribution in [0, 0.1) is 11.8 Å². The van der Waals surface area contributed by atoms with E-state index < -0.39 is 41.3 Å². The summed E-state index contributed by atoms with van der Waals surface area (Å²) in [6.45, 7) is 7.47. The van der Waals surface area contributed by atoms with Crippen molar-refractivity contribution in [1.82, 2.24) is 9.80 Å². The summed E-state index contributed by atoms with van der Waals surface area (Å²) >= 11 is 0. The fourth-order valence-electron chi connectivity index (χ4n) is 7.42. The Hall–Kier alpha value is -4.38. The van der Waals surface area contributed by atoms with Crippen LogP contribution in [-0.2, 0) is 38.2 Å². The van der Waals surface area contributed by atoms with Gasteiger partial charge >= 0.3 is 18.2 Å². The van der Waals surface area contributed by atoms with Crippen molar-refractivity contribution < 1.29 is 37.0 Å². The Morgan fingerprint density at radius 2 is 1.52 bits per heavy atom. The molecule has 3 aliphatic heterocycles. The number of cyclic esters (lactones) is 1. The molecule has 0 saturated carbocycles. The minimum Gasteiger partial charge on any atom is -0.460 e. The van der Waals surface area contributed by atoms with Crippen molar-refractivity contribution in [3.63, 3.8) is 0 Å². The van der Waals surface area contributed by atoms with Crippen molar-refractivity contribution >= 4 is 23.7 Å². The van der Waals surface area contributed by atoms with Crippen molar-refractivity contribution in [2.24, 2.45) is 11.8 Å². The number of anilines is 1. The SMILES string of the molecule is CC(C)(C)OC(=O)C1CCN(c2cc(C(F)(F)F)ccc2[C@@H]2CN(Cc3ccccc3)C[C@H]2C(=O)N2C(=O)OC[C@H]2Cc2ccccc2)CC1. The predicted molar refractivity (Wildman–Crippen MR) is 182 cm³/mol. The van der Waals surface area contributed by atoms with Crippen LogP contribution in [0.1, 0.15) is 61.8 Å². The number of piperidine rings is 1. The monoisotopic (exact) mass is 691 g/mol. The number of amides is 2. The highest BCUT2D eigenvalue weighted by molar-refractivity contribution is 5.95. The minimum absolute atomic E-state index is 0.0721. The first kappa shape index (κ1) is 35.4. The second-order valence-corrected chi connectivity index (χ2v) is 14.6. The molecule has 3 heterocycles. The molecule has 3 fully saturated rings. The zero-order valence-corrected chi connectivity index (χ0v) is 28.7. The summed E-state index contributed by atoms with van der Waals surface area (Å²) < 4.78 is 53.5. The Bertz CT molecular complexity index is 1670. The largest absolute Gasteiger partial charge is 0.460 e. The molecule has 2 amide bonds. The van der Waals surface area contributed by atoms with Gasteiger partial charge < -0.3 is 14.4 Å². The Morgan fingerprint density at radius 3 is 2.14 bits per heavy atom. The van der Waals surface area contributed by atoms with Crippen LogP contribution in [-0.4, -0.2) is 72.2 Å². The molecule has 0 N–H and O–H groups in total. The Kier molecular flexibility index (Phi) is 10.3. The first-order chi connectivity index (χ1) is 23.8. The lowest BCUT2D eigenvalue weighted by atomic mass is 9.85. The van der Waals surface area contributed by atoms with Crippen molar-refractivity contribution in [2.45, 2.75) is 70.3 Å². The molecule has 3 aromatic rings. The maximum atomic E-state index is 14.5. The van der Waals surface area contributed by atoms with Gasteiger partial charge in [-0.2, -0.15) is 13.2 Å². The highest BCUT2D eigenvalue weighted by atomic mass is 19.4. The lowest BCUT2D eigenvalue weighted by molar-refractivity contribution is -0.160. The second-order valence-electron chi connectivity index (χ2n) is 14.6. The molecule has 3 aliphatic rings. The number of esters is 1. The van der Waals surface area contributed by atoms with Gasteiger partial charge in [-0.25, -0.2) is 9.69 Å². The molecule has 0 unspecified atom stereocenters. The standard InChI is InChI=1S/C39H44F3N3O5/c1-38(2,3)50-36(47)28-16-18-44(19-17-28)34-21-29(39(40,41)42)14-15-31(34)32-23-43(22-27-12-8-5-9-13-27)24-33(32)35(46)45-30(25-49-37(45)48)20-26-10-6-4-7-11-26/h4-15,21,28,30,32-33H,16-20,22-25H2,1-3H3/t30-,32+,33-/m1/s1. The van der Waals surface area contributed by atoms with Gasteiger partial charge in [-0.05, 0) is 68.9 Å².